The molecule has 0 fully saturated rings. The van der Waals surface area contributed by atoms with Gasteiger partial charge in [-0.3, -0.25) is 4.79 Å². The number of nitrogens with zero attached hydrogens (tertiary/aromatic N) is 2. The first kappa shape index (κ1) is 14.0. The van der Waals surface area contributed by atoms with Crippen LogP contribution in [0.5, 0.6) is 5.75 Å². The van der Waals surface area contributed by atoms with Crippen LogP contribution < -0.4 is 10.1 Å². The van der Waals surface area contributed by atoms with E-state index in [1.54, 1.807) is 31.2 Å². The molecule has 0 saturated carbocycles. The maximum atomic E-state index is 11.7. The third-order valence-electron chi connectivity index (χ3n) is 2.62. The van der Waals surface area contributed by atoms with Crippen LogP contribution in [-0.2, 0) is 6.61 Å². The summed E-state index contributed by atoms with van der Waals surface area (Å²) >= 11 is 0. The van der Waals surface area contributed by atoms with Gasteiger partial charge in [-0.15, -0.1) is 0 Å². The Kier molecular flexibility index (Phi) is 4.67. The zero-order valence-corrected chi connectivity index (χ0v) is 11.0. The Bertz CT molecular complexity index is 583. The third kappa shape index (κ3) is 3.55. The van der Waals surface area contributed by atoms with Crippen molar-refractivity contribution in [2.45, 2.75) is 13.5 Å². The second-order valence-corrected chi connectivity index (χ2v) is 4.09. The first-order chi connectivity index (χ1) is 9.70. The molecule has 106 valence electrons. The standard InChI is InChI=1S/C13H15N3O4/c1-9-12(16-20-15-9)8-19-11-4-2-3-10(7-11)13(18)14-5-6-17/h2-4,7,17H,5-6,8H2,1H3,(H,14,18). The van der Waals surface area contributed by atoms with Crippen molar-refractivity contribution >= 4 is 5.91 Å². The molecule has 1 heterocycles. The molecule has 20 heavy (non-hydrogen) atoms. The average molecular weight is 277 g/mol. The Morgan fingerprint density at radius 1 is 1.45 bits per heavy atom. The quantitative estimate of drug-likeness (QED) is 0.805. The zero-order valence-electron chi connectivity index (χ0n) is 11.0. The van der Waals surface area contributed by atoms with E-state index >= 15 is 0 Å². The second kappa shape index (κ2) is 6.67. The third-order valence-corrected chi connectivity index (χ3v) is 2.62. The summed E-state index contributed by atoms with van der Waals surface area (Å²) in [6, 6.07) is 6.75. The Morgan fingerprint density at radius 3 is 3.00 bits per heavy atom. The minimum absolute atomic E-state index is 0.0969. The molecule has 7 heteroatoms. The number of nitrogens with one attached hydrogen (secondary N) is 1. The lowest BCUT2D eigenvalue weighted by Gasteiger charge is -2.07. The molecular weight excluding hydrogens is 262 g/mol. The van der Waals surface area contributed by atoms with E-state index in [1.807, 2.05) is 0 Å². The summed E-state index contributed by atoms with van der Waals surface area (Å²) in [7, 11) is 0. The number of aromatic nitrogens is 2. The number of aryl methyl sites for hydroxylation is 1. The van der Waals surface area contributed by atoms with Gasteiger partial charge in [0.15, 0.2) is 0 Å². The van der Waals surface area contributed by atoms with Crippen molar-refractivity contribution in [2.75, 3.05) is 13.2 Å². The molecule has 7 nitrogen and oxygen atoms in total. The number of carbonyl (C=O) groups excluding carboxylic acids is 1. The van der Waals surface area contributed by atoms with Gasteiger partial charge in [0.05, 0.1) is 6.61 Å². The molecule has 0 bridgehead atoms. The van der Waals surface area contributed by atoms with Crippen molar-refractivity contribution in [1.29, 1.82) is 0 Å². The van der Waals surface area contributed by atoms with Gasteiger partial charge >= 0.3 is 0 Å². The summed E-state index contributed by atoms with van der Waals surface area (Å²) < 4.78 is 10.1. The Morgan fingerprint density at radius 2 is 2.30 bits per heavy atom. The Hall–Kier alpha value is -2.41. The van der Waals surface area contributed by atoms with Crippen molar-refractivity contribution in [3.63, 3.8) is 0 Å². The van der Waals surface area contributed by atoms with E-state index in [9.17, 15) is 4.79 Å². The van der Waals surface area contributed by atoms with Gasteiger partial charge in [-0.05, 0) is 25.1 Å². The van der Waals surface area contributed by atoms with E-state index in [0.29, 0.717) is 22.7 Å². The number of hydrogen-bond acceptors (Lipinski definition) is 6. The predicted octanol–water partition coefficient (Wildman–Crippen LogP) is 0.679. The molecule has 0 spiro atoms. The molecule has 1 amide bonds. The molecule has 0 aliphatic carbocycles. The molecule has 2 rings (SSSR count). The molecule has 0 saturated heterocycles. The summed E-state index contributed by atoms with van der Waals surface area (Å²) in [6.45, 7) is 2.11. The normalized spacial score (nSPS) is 10.3. The van der Waals surface area contributed by atoms with Gasteiger partial charge in [0.2, 0.25) is 0 Å². The van der Waals surface area contributed by atoms with Crippen molar-refractivity contribution in [2.24, 2.45) is 0 Å². The largest absolute Gasteiger partial charge is 0.487 e. The number of rotatable bonds is 6. The average Bonchev–Trinajstić information content (AvgIpc) is 2.88. The van der Waals surface area contributed by atoms with Crippen LogP contribution in [-0.4, -0.2) is 34.5 Å². The Labute approximate surface area is 115 Å². The summed E-state index contributed by atoms with van der Waals surface area (Å²) in [6.07, 6.45) is 0. The highest BCUT2D eigenvalue weighted by Gasteiger charge is 2.08. The molecule has 1 aromatic carbocycles. The smallest absolute Gasteiger partial charge is 0.251 e. The SMILES string of the molecule is Cc1nonc1COc1cccc(C(=O)NCCO)c1. The lowest BCUT2D eigenvalue weighted by Crippen LogP contribution is -2.26. The summed E-state index contributed by atoms with van der Waals surface area (Å²) in [5, 5.41) is 18.6. The van der Waals surface area contributed by atoms with E-state index in [2.05, 4.69) is 20.3 Å². The number of hydrogen-bond donors (Lipinski definition) is 2. The second-order valence-electron chi connectivity index (χ2n) is 4.09. The van der Waals surface area contributed by atoms with Crippen molar-refractivity contribution < 1.29 is 19.3 Å². The van der Waals surface area contributed by atoms with Gasteiger partial charge < -0.3 is 15.2 Å². The molecule has 0 aliphatic rings. The van der Waals surface area contributed by atoms with Crippen LogP contribution >= 0.6 is 0 Å². The number of aliphatic hydroxyl groups excluding tert-OH is 1. The van der Waals surface area contributed by atoms with Crippen LogP contribution in [0.1, 0.15) is 21.7 Å². The first-order valence-electron chi connectivity index (χ1n) is 6.10. The van der Waals surface area contributed by atoms with Crippen molar-refractivity contribution in [3.05, 3.63) is 41.2 Å². The molecular formula is C13H15N3O4. The maximum absolute atomic E-state index is 11.7. The van der Waals surface area contributed by atoms with Crippen LogP contribution in [0, 0.1) is 6.92 Å². The molecule has 0 radical (unpaired) electrons. The van der Waals surface area contributed by atoms with Gasteiger partial charge in [0.1, 0.15) is 23.7 Å². The fraction of sp³-hybridized carbons (Fsp3) is 0.308. The number of benzene rings is 1. The van der Waals surface area contributed by atoms with E-state index < -0.39 is 0 Å². The van der Waals surface area contributed by atoms with Crippen molar-refractivity contribution in [3.8, 4) is 5.75 Å². The minimum atomic E-state index is -0.260. The monoisotopic (exact) mass is 277 g/mol. The topological polar surface area (TPSA) is 97.5 Å². The molecule has 1 aromatic heterocycles. The van der Waals surface area contributed by atoms with Crippen molar-refractivity contribution in [1.82, 2.24) is 15.6 Å². The lowest BCUT2D eigenvalue weighted by atomic mass is 10.2. The van der Waals surface area contributed by atoms with E-state index in [0.717, 1.165) is 0 Å². The van der Waals surface area contributed by atoms with Crippen LogP contribution in [0.15, 0.2) is 28.9 Å². The number of aliphatic hydroxyl groups is 1. The molecule has 0 unspecified atom stereocenters. The number of amides is 1. The lowest BCUT2D eigenvalue weighted by molar-refractivity contribution is 0.0944. The van der Waals surface area contributed by atoms with Gasteiger partial charge in [-0.2, -0.15) is 0 Å². The maximum Gasteiger partial charge on any atom is 0.251 e. The number of ether oxygens (including phenoxy) is 1. The summed E-state index contributed by atoms with van der Waals surface area (Å²) in [5.41, 5.74) is 1.74. The highest BCUT2D eigenvalue weighted by Crippen LogP contribution is 2.15. The van der Waals surface area contributed by atoms with Crippen LogP contribution in [0.25, 0.3) is 0 Å². The molecule has 0 aliphatic heterocycles. The highest BCUT2D eigenvalue weighted by molar-refractivity contribution is 5.94. The number of carbonyl (C=O) groups is 1. The fourth-order valence-electron chi connectivity index (χ4n) is 1.53. The fourth-order valence-corrected chi connectivity index (χ4v) is 1.53. The van der Waals surface area contributed by atoms with E-state index in [4.69, 9.17) is 9.84 Å². The predicted molar refractivity (Wildman–Crippen MR) is 69.2 cm³/mol. The highest BCUT2D eigenvalue weighted by atomic mass is 16.6. The van der Waals surface area contributed by atoms with E-state index in [-0.39, 0.29) is 25.7 Å². The minimum Gasteiger partial charge on any atom is -0.487 e. The first-order valence-corrected chi connectivity index (χ1v) is 6.10. The summed E-state index contributed by atoms with van der Waals surface area (Å²) in [4.78, 5) is 11.7. The zero-order chi connectivity index (χ0) is 14.4. The van der Waals surface area contributed by atoms with Gasteiger partial charge in [-0.25, -0.2) is 4.63 Å². The van der Waals surface area contributed by atoms with Gasteiger partial charge in [-0.1, -0.05) is 16.4 Å². The molecule has 0 atom stereocenters. The molecule has 2 N–H and O–H groups in total. The Balaban J connectivity index is 1.99. The van der Waals surface area contributed by atoms with Crippen LogP contribution in [0.4, 0.5) is 0 Å². The van der Waals surface area contributed by atoms with Crippen LogP contribution in [0.2, 0.25) is 0 Å². The molecule has 2 aromatic rings. The van der Waals surface area contributed by atoms with Gasteiger partial charge in [0, 0.05) is 12.1 Å². The van der Waals surface area contributed by atoms with Crippen LogP contribution in [0.3, 0.4) is 0 Å². The summed E-state index contributed by atoms with van der Waals surface area (Å²) in [5.74, 6) is 0.285. The van der Waals surface area contributed by atoms with E-state index in [1.165, 1.54) is 0 Å². The van der Waals surface area contributed by atoms with Gasteiger partial charge in [0.25, 0.3) is 5.91 Å².